The van der Waals surface area contributed by atoms with E-state index in [0.29, 0.717) is 27.3 Å². The third-order valence-corrected chi connectivity index (χ3v) is 6.79. The molecular weight excluding hydrogens is 540 g/mol. The molecule has 3 N–H and O–H groups in total. The molecule has 0 aliphatic heterocycles. The minimum atomic E-state index is -1.45. The molecule has 10 heteroatoms. The van der Waals surface area contributed by atoms with E-state index in [4.69, 9.17) is 4.74 Å². The molecule has 0 radical (unpaired) electrons. The minimum Gasteiger partial charge on any atom is -0.507 e. The van der Waals surface area contributed by atoms with Crippen LogP contribution in [0.3, 0.4) is 0 Å². The second-order valence-electron chi connectivity index (χ2n) is 9.57. The van der Waals surface area contributed by atoms with Gasteiger partial charge >= 0.3 is 11.9 Å². The molecule has 210 valence electrons. The lowest BCUT2D eigenvalue weighted by Gasteiger charge is -2.18. The summed E-state index contributed by atoms with van der Waals surface area (Å²) >= 11 is 0. The van der Waals surface area contributed by atoms with E-state index in [1.54, 1.807) is 42.5 Å². The van der Waals surface area contributed by atoms with Crippen molar-refractivity contribution in [1.29, 1.82) is 0 Å². The Morgan fingerprint density at radius 1 is 0.905 bits per heavy atom. The molecule has 0 amide bonds. The van der Waals surface area contributed by atoms with Crippen molar-refractivity contribution < 1.29 is 34.6 Å². The Hall–Kier alpha value is -5.61. The van der Waals surface area contributed by atoms with Crippen LogP contribution in [0.1, 0.15) is 22.8 Å². The number of nitro benzene ring substituents is 1. The largest absolute Gasteiger partial charge is 0.507 e. The first-order chi connectivity index (χ1) is 20.2. The van der Waals surface area contributed by atoms with Gasteiger partial charge in [-0.25, -0.2) is 9.59 Å². The third-order valence-electron chi connectivity index (χ3n) is 6.79. The molecule has 0 saturated carbocycles. The maximum atomic E-state index is 13.2. The number of hydrogen-bond donors (Lipinski definition) is 3. The number of rotatable bonds is 8. The predicted molar refractivity (Wildman–Crippen MR) is 157 cm³/mol. The SMILES string of the molecule is C[C@@H](O)[C@H](N=Cc1cc2ccccc2c(-c2c(OC(=O)c3ccc([N+](=O)[O-])cc3)ccc3ccccc23)c1O)C(=O)O. The number of carbonyl (C=O) groups is 2. The first-order valence-electron chi connectivity index (χ1n) is 12.8. The van der Waals surface area contributed by atoms with Crippen LogP contribution in [-0.2, 0) is 4.79 Å². The molecule has 0 fully saturated rings. The normalized spacial score (nSPS) is 12.8. The van der Waals surface area contributed by atoms with Crippen LogP contribution >= 0.6 is 0 Å². The van der Waals surface area contributed by atoms with Crippen molar-refractivity contribution in [3.63, 3.8) is 0 Å². The first-order valence-corrected chi connectivity index (χ1v) is 12.8. The standard InChI is InChI=1S/C32H24N2O8/c1-18(35)29(31(37)38)33-17-22-16-21-7-3-5-9-25(21)28(30(22)36)27-24-8-4-2-6-19(24)12-15-26(27)42-32(39)20-10-13-23(14-11-20)34(40)41/h2-18,29,35-36H,1H3,(H,37,38)/t18-,29+/m1/s1. The monoisotopic (exact) mass is 564 g/mol. The van der Waals surface area contributed by atoms with E-state index in [2.05, 4.69) is 4.99 Å². The number of phenolic OH excluding ortho intramolecular Hbond substituents is 1. The van der Waals surface area contributed by atoms with Gasteiger partial charge in [0.2, 0.25) is 0 Å². The van der Waals surface area contributed by atoms with Crippen LogP contribution in [0.25, 0.3) is 32.7 Å². The number of phenols is 1. The molecule has 5 aromatic carbocycles. The van der Waals surface area contributed by atoms with Gasteiger partial charge in [-0.15, -0.1) is 0 Å². The number of benzene rings is 5. The van der Waals surface area contributed by atoms with Crippen LogP contribution in [0.2, 0.25) is 0 Å². The zero-order valence-electron chi connectivity index (χ0n) is 22.2. The average Bonchev–Trinajstić information content (AvgIpc) is 2.97. The summed E-state index contributed by atoms with van der Waals surface area (Å²) in [6.45, 7) is 1.31. The summed E-state index contributed by atoms with van der Waals surface area (Å²) < 4.78 is 5.84. The van der Waals surface area contributed by atoms with Crippen LogP contribution < -0.4 is 4.74 Å². The molecule has 0 bridgehead atoms. The van der Waals surface area contributed by atoms with E-state index in [9.17, 15) is 35.0 Å². The highest BCUT2D eigenvalue weighted by molar-refractivity contribution is 6.13. The average molecular weight is 565 g/mol. The van der Waals surface area contributed by atoms with Gasteiger partial charge in [0.1, 0.15) is 11.5 Å². The van der Waals surface area contributed by atoms with Gasteiger partial charge in [-0.05, 0) is 52.7 Å². The molecular formula is C32H24N2O8. The summed E-state index contributed by atoms with van der Waals surface area (Å²) in [5, 5.41) is 44.8. The number of nitro groups is 1. The van der Waals surface area contributed by atoms with Crippen molar-refractivity contribution in [2.24, 2.45) is 4.99 Å². The zero-order chi connectivity index (χ0) is 30.0. The van der Waals surface area contributed by atoms with Gasteiger partial charge in [0.25, 0.3) is 5.69 Å². The van der Waals surface area contributed by atoms with Crippen LogP contribution in [-0.4, -0.2) is 50.5 Å². The molecule has 42 heavy (non-hydrogen) atoms. The number of ether oxygens (including phenoxy) is 1. The Kier molecular flexibility index (Phi) is 7.63. The molecule has 2 atom stereocenters. The summed E-state index contributed by atoms with van der Waals surface area (Å²) in [7, 11) is 0. The summed E-state index contributed by atoms with van der Waals surface area (Å²) in [5.74, 6) is -2.20. The Morgan fingerprint density at radius 3 is 2.14 bits per heavy atom. The number of hydrogen-bond acceptors (Lipinski definition) is 8. The van der Waals surface area contributed by atoms with Crippen molar-refractivity contribution in [1.82, 2.24) is 0 Å². The number of carboxylic acid groups (broad SMARTS) is 1. The lowest BCUT2D eigenvalue weighted by molar-refractivity contribution is -0.384. The van der Waals surface area contributed by atoms with Crippen molar-refractivity contribution in [3.05, 3.63) is 112 Å². The summed E-state index contributed by atoms with van der Waals surface area (Å²) in [6.07, 6.45) is -0.0749. The van der Waals surface area contributed by atoms with Crippen LogP contribution in [0.15, 0.2) is 96.0 Å². The molecule has 0 aliphatic carbocycles. The van der Waals surface area contributed by atoms with E-state index < -0.39 is 29.0 Å². The highest BCUT2D eigenvalue weighted by atomic mass is 16.6. The number of carbonyl (C=O) groups excluding carboxylic acids is 1. The maximum absolute atomic E-state index is 13.2. The third kappa shape index (κ3) is 5.38. The highest BCUT2D eigenvalue weighted by Gasteiger charge is 2.24. The van der Waals surface area contributed by atoms with Crippen molar-refractivity contribution >= 4 is 45.4 Å². The van der Waals surface area contributed by atoms with E-state index in [1.807, 2.05) is 24.3 Å². The molecule has 0 unspecified atom stereocenters. The Bertz CT molecular complexity index is 1880. The number of aliphatic hydroxyl groups excluding tert-OH is 1. The maximum Gasteiger partial charge on any atom is 0.343 e. The van der Waals surface area contributed by atoms with Crippen LogP contribution in [0.4, 0.5) is 5.69 Å². The summed E-state index contributed by atoms with van der Waals surface area (Å²) in [6, 6.07) is 23.1. The molecule has 0 saturated heterocycles. The van der Waals surface area contributed by atoms with Gasteiger partial charge < -0.3 is 20.1 Å². The second kappa shape index (κ2) is 11.5. The fourth-order valence-electron chi connectivity index (χ4n) is 4.74. The van der Waals surface area contributed by atoms with Gasteiger partial charge in [-0.2, -0.15) is 0 Å². The van der Waals surface area contributed by atoms with Crippen molar-refractivity contribution in [2.45, 2.75) is 19.1 Å². The van der Waals surface area contributed by atoms with E-state index in [1.165, 1.54) is 37.4 Å². The van der Waals surface area contributed by atoms with Crippen molar-refractivity contribution in [2.75, 3.05) is 0 Å². The number of non-ortho nitro benzene ring substituents is 1. The predicted octanol–water partition coefficient (Wildman–Crippen LogP) is 5.75. The quantitative estimate of drug-likeness (QED) is 0.0707. The topological polar surface area (TPSA) is 160 Å². The Balaban J connectivity index is 1.72. The fraction of sp³-hybridized carbons (Fsp3) is 0.0938. The molecule has 0 heterocycles. The summed E-state index contributed by atoms with van der Waals surface area (Å²) in [5.41, 5.74) is 0.830. The molecule has 10 nitrogen and oxygen atoms in total. The Labute approximate surface area is 238 Å². The highest BCUT2D eigenvalue weighted by Crippen LogP contribution is 2.46. The van der Waals surface area contributed by atoms with Gasteiger partial charge in [0, 0.05) is 35.0 Å². The van der Waals surface area contributed by atoms with Gasteiger partial charge in [-0.3, -0.25) is 15.1 Å². The number of aliphatic hydroxyl groups is 1. The van der Waals surface area contributed by atoms with Crippen LogP contribution in [0.5, 0.6) is 11.5 Å². The first kappa shape index (κ1) is 27.9. The van der Waals surface area contributed by atoms with Gasteiger partial charge in [-0.1, -0.05) is 54.6 Å². The fourth-order valence-corrected chi connectivity index (χ4v) is 4.74. The smallest absolute Gasteiger partial charge is 0.343 e. The molecule has 0 spiro atoms. The van der Waals surface area contributed by atoms with E-state index in [-0.39, 0.29) is 28.3 Å². The number of aliphatic imine (C=N–C) groups is 1. The number of carboxylic acids is 1. The molecule has 0 aliphatic rings. The van der Waals surface area contributed by atoms with Crippen molar-refractivity contribution in [3.8, 4) is 22.6 Å². The number of nitrogens with zero attached hydrogens (tertiary/aromatic N) is 2. The number of aliphatic carboxylic acids is 1. The Morgan fingerprint density at radius 2 is 1.52 bits per heavy atom. The van der Waals surface area contributed by atoms with E-state index in [0.717, 1.165) is 5.39 Å². The van der Waals surface area contributed by atoms with Gasteiger partial charge in [0.15, 0.2) is 6.04 Å². The summed E-state index contributed by atoms with van der Waals surface area (Å²) in [4.78, 5) is 39.3. The lowest BCUT2D eigenvalue weighted by Crippen LogP contribution is -2.29. The van der Waals surface area contributed by atoms with Crippen LogP contribution in [0, 0.1) is 10.1 Å². The van der Waals surface area contributed by atoms with Gasteiger partial charge in [0.05, 0.1) is 16.6 Å². The molecule has 0 aromatic heterocycles. The second-order valence-corrected chi connectivity index (χ2v) is 9.57. The number of aromatic hydroxyl groups is 1. The zero-order valence-corrected chi connectivity index (χ0v) is 22.2. The van der Waals surface area contributed by atoms with E-state index >= 15 is 0 Å². The molecule has 5 aromatic rings. The molecule has 5 rings (SSSR count). The number of esters is 1. The lowest BCUT2D eigenvalue weighted by atomic mass is 9.90. The minimum absolute atomic E-state index is 0.0903. The number of fused-ring (bicyclic) bond motifs is 2.